The lowest BCUT2D eigenvalue weighted by Gasteiger charge is -2.41. The van der Waals surface area contributed by atoms with Crippen LogP contribution in [0.2, 0.25) is 0 Å². The summed E-state index contributed by atoms with van der Waals surface area (Å²) in [5.41, 5.74) is 0.777. The lowest BCUT2D eigenvalue weighted by atomic mass is 9.75. The summed E-state index contributed by atoms with van der Waals surface area (Å²) in [7, 11) is 1.89. The van der Waals surface area contributed by atoms with Crippen LogP contribution in [0.25, 0.3) is 0 Å². The van der Waals surface area contributed by atoms with E-state index in [-0.39, 0.29) is 17.2 Å². The predicted molar refractivity (Wildman–Crippen MR) is 149 cm³/mol. The summed E-state index contributed by atoms with van der Waals surface area (Å²) in [6.07, 6.45) is 4.13. The lowest BCUT2D eigenvalue weighted by Crippen LogP contribution is -2.49. The quantitative estimate of drug-likeness (QED) is 0.369. The first-order valence-electron chi connectivity index (χ1n) is 14.8. The van der Waals surface area contributed by atoms with Crippen LogP contribution >= 0.6 is 0 Å². The van der Waals surface area contributed by atoms with Gasteiger partial charge in [0.25, 0.3) is 5.91 Å². The molecule has 222 valence electrons. The van der Waals surface area contributed by atoms with Gasteiger partial charge in [0.1, 0.15) is 23.5 Å². The number of nitrogens with one attached hydrogen (secondary N) is 1. The average molecular weight is 581 g/mol. The molecule has 11 heteroatoms. The predicted octanol–water partition coefficient (Wildman–Crippen LogP) is 5.32. The van der Waals surface area contributed by atoms with Crippen molar-refractivity contribution in [1.82, 2.24) is 24.6 Å². The molecule has 4 heterocycles. The SMILES string of the molecule is Cn1cnnc1CC1(c2cccc(NC(=O)c3cc(C(CC4CC4)N4CCC5(CC5)C4)cc(C(F)(F)F)n3)c2)COC1. The molecule has 3 aromatic rings. The number of aromatic nitrogens is 4. The van der Waals surface area contributed by atoms with Crippen molar-refractivity contribution in [1.29, 1.82) is 0 Å². The zero-order valence-corrected chi connectivity index (χ0v) is 23.7. The number of pyridine rings is 1. The Labute approximate surface area is 242 Å². The molecule has 42 heavy (non-hydrogen) atoms. The van der Waals surface area contributed by atoms with Gasteiger partial charge in [-0.1, -0.05) is 25.0 Å². The van der Waals surface area contributed by atoms with Crippen molar-refractivity contribution in [3.63, 3.8) is 0 Å². The molecular formula is C31H35F3N6O2. The zero-order valence-electron chi connectivity index (χ0n) is 23.7. The number of carbonyl (C=O) groups is 1. The first kappa shape index (κ1) is 27.5. The minimum atomic E-state index is -4.66. The second-order valence-corrected chi connectivity index (χ2v) is 12.9. The maximum atomic E-state index is 14.1. The first-order valence-corrected chi connectivity index (χ1v) is 14.8. The molecule has 1 spiro atoms. The number of anilines is 1. The molecule has 4 fully saturated rings. The maximum absolute atomic E-state index is 14.1. The molecule has 2 aliphatic heterocycles. The van der Waals surface area contributed by atoms with E-state index < -0.39 is 17.8 Å². The number of hydrogen-bond donors (Lipinski definition) is 1. The molecule has 1 unspecified atom stereocenters. The van der Waals surface area contributed by atoms with Gasteiger partial charge in [-0.25, -0.2) is 4.98 Å². The Kier molecular flexibility index (Phi) is 6.65. The Bertz CT molecular complexity index is 1490. The molecule has 1 amide bonds. The van der Waals surface area contributed by atoms with Gasteiger partial charge in [-0.05, 0) is 79.0 Å². The Hall–Kier alpha value is -3.31. The van der Waals surface area contributed by atoms with E-state index in [0.29, 0.717) is 42.2 Å². The molecular weight excluding hydrogens is 545 g/mol. The molecule has 8 nitrogen and oxygen atoms in total. The van der Waals surface area contributed by atoms with Crippen LogP contribution in [-0.4, -0.2) is 56.9 Å². The van der Waals surface area contributed by atoms with E-state index in [1.165, 1.54) is 12.8 Å². The third-order valence-corrected chi connectivity index (χ3v) is 9.67. The van der Waals surface area contributed by atoms with Crippen molar-refractivity contribution in [3.05, 3.63) is 71.1 Å². The molecule has 1 aromatic carbocycles. The summed E-state index contributed by atoms with van der Waals surface area (Å²) in [6, 6.07) is 10.0. The molecule has 1 N–H and O–H groups in total. The molecule has 1 atom stereocenters. The highest BCUT2D eigenvalue weighted by molar-refractivity contribution is 6.03. The van der Waals surface area contributed by atoms with Crippen molar-refractivity contribution in [2.45, 2.75) is 62.6 Å². The number of alkyl halides is 3. The highest BCUT2D eigenvalue weighted by Crippen LogP contribution is 2.55. The Balaban J connectivity index is 1.16. The van der Waals surface area contributed by atoms with Gasteiger partial charge in [-0.2, -0.15) is 13.2 Å². The number of aryl methyl sites for hydroxylation is 1. The van der Waals surface area contributed by atoms with E-state index in [2.05, 4.69) is 25.4 Å². The minimum Gasteiger partial charge on any atom is -0.379 e. The molecule has 0 radical (unpaired) electrons. The number of amides is 1. The van der Waals surface area contributed by atoms with Crippen molar-refractivity contribution in [3.8, 4) is 0 Å². The maximum Gasteiger partial charge on any atom is 0.433 e. The van der Waals surface area contributed by atoms with Crippen molar-refractivity contribution in [2.75, 3.05) is 31.6 Å². The molecule has 2 saturated carbocycles. The van der Waals surface area contributed by atoms with Crippen molar-refractivity contribution < 1.29 is 22.7 Å². The largest absolute Gasteiger partial charge is 0.433 e. The van der Waals surface area contributed by atoms with Crippen LogP contribution in [0.1, 0.15) is 77.7 Å². The highest BCUT2D eigenvalue weighted by atomic mass is 19.4. The van der Waals surface area contributed by atoms with Gasteiger partial charge in [0.2, 0.25) is 0 Å². The second kappa shape index (κ2) is 10.2. The molecule has 0 bridgehead atoms. The monoisotopic (exact) mass is 580 g/mol. The molecule has 2 aliphatic carbocycles. The van der Waals surface area contributed by atoms with Crippen LogP contribution in [0.3, 0.4) is 0 Å². The number of halogens is 3. The van der Waals surface area contributed by atoms with Gasteiger partial charge in [0.15, 0.2) is 0 Å². The zero-order chi connectivity index (χ0) is 29.1. The molecule has 2 aromatic heterocycles. The third-order valence-electron chi connectivity index (χ3n) is 9.67. The number of hydrogen-bond acceptors (Lipinski definition) is 6. The fourth-order valence-electron chi connectivity index (χ4n) is 6.60. The smallest absolute Gasteiger partial charge is 0.379 e. The summed E-state index contributed by atoms with van der Waals surface area (Å²) in [4.78, 5) is 19.6. The fourth-order valence-corrected chi connectivity index (χ4v) is 6.60. The molecule has 4 aliphatic rings. The van der Waals surface area contributed by atoms with Gasteiger partial charge < -0.3 is 14.6 Å². The van der Waals surface area contributed by atoms with Gasteiger partial charge in [-0.15, -0.1) is 10.2 Å². The van der Waals surface area contributed by atoms with E-state index in [4.69, 9.17) is 4.74 Å². The van der Waals surface area contributed by atoms with E-state index in [9.17, 15) is 18.0 Å². The van der Waals surface area contributed by atoms with E-state index in [1.807, 2.05) is 29.8 Å². The van der Waals surface area contributed by atoms with Crippen LogP contribution < -0.4 is 5.32 Å². The standard InChI is InChI=1S/C31H35F3N6O2/c1-39-19-35-38-27(39)15-30(17-42-18-30)22-3-2-4-23(14-22)36-28(41)24-12-21(13-26(37-24)31(32,33)34)25(11-20-5-6-20)40-10-9-29(16-40)7-8-29/h2-4,12-14,19-20,25H,5-11,15-18H2,1H3,(H,36,41). The average Bonchev–Trinajstić information content (AvgIpc) is 3.83. The highest BCUT2D eigenvalue weighted by Gasteiger charge is 2.50. The third kappa shape index (κ3) is 5.44. The number of rotatable bonds is 9. The van der Waals surface area contributed by atoms with Crippen LogP contribution in [0.5, 0.6) is 0 Å². The minimum absolute atomic E-state index is 0.143. The number of nitrogens with zero attached hydrogens (tertiary/aromatic N) is 5. The summed E-state index contributed by atoms with van der Waals surface area (Å²) in [5, 5.41) is 11.0. The van der Waals surface area contributed by atoms with Crippen molar-refractivity contribution >= 4 is 11.6 Å². The summed E-state index contributed by atoms with van der Waals surface area (Å²) in [6.45, 7) is 2.79. The number of likely N-dealkylation sites (tertiary alicyclic amines) is 1. The van der Waals surface area contributed by atoms with Crippen LogP contribution in [0.4, 0.5) is 18.9 Å². The molecule has 2 saturated heterocycles. The number of ether oxygens (including phenoxy) is 1. The summed E-state index contributed by atoms with van der Waals surface area (Å²) >= 11 is 0. The van der Waals surface area contributed by atoms with E-state index in [0.717, 1.165) is 56.2 Å². The van der Waals surface area contributed by atoms with Gasteiger partial charge in [-0.3, -0.25) is 9.69 Å². The van der Waals surface area contributed by atoms with Crippen LogP contribution in [-0.2, 0) is 29.8 Å². The van der Waals surface area contributed by atoms with E-state index >= 15 is 0 Å². The first-order chi connectivity index (χ1) is 20.1. The Morgan fingerprint density at radius 2 is 1.98 bits per heavy atom. The fraction of sp³-hybridized carbons (Fsp3) is 0.548. The van der Waals surface area contributed by atoms with Gasteiger partial charge >= 0.3 is 6.18 Å². The van der Waals surface area contributed by atoms with Crippen molar-refractivity contribution in [2.24, 2.45) is 18.4 Å². The van der Waals surface area contributed by atoms with Gasteiger partial charge in [0, 0.05) is 37.2 Å². The molecule has 7 rings (SSSR count). The summed E-state index contributed by atoms with van der Waals surface area (Å²) < 4.78 is 49.7. The van der Waals surface area contributed by atoms with Crippen LogP contribution in [0, 0.1) is 11.3 Å². The lowest BCUT2D eigenvalue weighted by molar-refractivity contribution is -0.141. The number of benzene rings is 1. The Morgan fingerprint density at radius 1 is 1.17 bits per heavy atom. The van der Waals surface area contributed by atoms with Gasteiger partial charge in [0.05, 0.1) is 13.2 Å². The van der Waals surface area contributed by atoms with E-state index in [1.54, 1.807) is 18.5 Å². The Morgan fingerprint density at radius 3 is 2.60 bits per heavy atom. The summed E-state index contributed by atoms with van der Waals surface area (Å²) in [5.74, 6) is 0.689. The topological polar surface area (TPSA) is 85.2 Å². The van der Waals surface area contributed by atoms with Crippen LogP contribution in [0.15, 0.2) is 42.7 Å². The number of carbonyl (C=O) groups excluding carboxylic acids is 1. The normalized spacial score (nSPS) is 21.7. The second-order valence-electron chi connectivity index (χ2n) is 12.9.